The molecule has 6 nitrogen and oxygen atoms in total. The van der Waals surface area contributed by atoms with Gasteiger partial charge in [0.15, 0.2) is 6.04 Å². The van der Waals surface area contributed by atoms with Crippen molar-refractivity contribution < 1.29 is 24.5 Å². The summed E-state index contributed by atoms with van der Waals surface area (Å²) in [5.74, 6) is -1.48. The Morgan fingerprint density at radius 2 is 2.31 bits per heavy atom. The molecule has 0 aliphatic heterocycles. The molecule has 1 aromatic heterocycles. The number of rotatable bonds is 5. The summed E-state index contributed by atoms with van der Waals surface area (Å²) >= 11 is 1.13. The fraction of sp³-hybridized carbons (Fsp3) is 0.333. The predicted octanol–water partition coefficient (Wildman–Crippen LogP) is -0.0680. The first-order valence-corrected chi connectivity index (χ1v) is 5.24. The van der Waals surface area contributed by atoms with E-state index in [4.69, 9.17) is 14.9 Å². The van der Waals surface area contributed by atoms with Crippen LogP contribution in [0.25, 0.3) is 0 Å². The van der Waals surface area contributed by atoms with Crippen LogP contribution in [0.4, 0.5) is 0 Å². The zero-order valence-electron chi connectivity index (χ0n) is 8.47. The highest BCUT2D eigenvalue weighted by Gasteiger charge is 2.22. The molecule has 1 heterocycles. The van der Waals surface area contributed by atoms with E-state index >= 15 is 0 Å². The maximum Gasteiger partial charge on any atom is 0.328 e. The largest absolute Gasteiger partial charge is 0.495 e. The minimum Gasteiger partial charge on any atom is -0.495 e. The quantitative estimate of drug-likeness (QED) is 0.675. The van der Waals surface area contributed by atoms with Crippen molar-refractivity contribution in [2.45, 2.75) is 6.04 Å². The Balaban J connectivity index is 2.75. The van der Waals surface area contributed by atoms with Crippen LogP contribution in [0.15, 0.2) is 11.4 Å². The predicted molar refractivity (Wildman–Crippen MR) is 56.8 cm³/mol. The fourth-order valence-corrected chi connectivity index (χ4v) is 1.79. The minimum absolute atomic E-state index is 0.280. The molecule has 3 N–H and O–H groups in total. The number of carboxylic acids is 1. The van der Waals surface area contributed by atoms with Crippen LogP contribution >= 0.6 is 11.3 Å². The number of hydrogen-bond donors (Lipinski definition) is 3. The van der Waals surface area contributed by atoms with Gasteiger partial charge in [0.1, 0.15) is 10.6 Å². The lowest BCUT2D eigenvalue weighted by Crippen LogP contribution is -2.43. The van der Waals surface area contributed by atoms with Gasteiger partial charge in [-0.3, -0.25) is 4.79 Å². The summed E-state index contributed by atoms with van der Waals surface area (Å²) in [7, 11) is 1.42. The highest BCUT2D eigenvalue weighted by atomic mass is 32.1. The van der Waals surface area contributed by atoms with Gasteiger partial charge < -0.3 is 20.3 Å². The van der Waals surface area contributed by atoms with Gasteiger partial charge in [0, 0.05) is 0 Å². The van der Waals surface area contributed by atoms with E-state index in [0.717, 1.165) is 11.3 Å². The van der Waals surface area contributed by atoms with Crippen molar-refractivity contribution in [2.24, 2.45) is 0 Å². The molecule has 0 aliphatic rings. The summed E-state index contributed by atoms with van der Waals surface area (Å²) in [6.07, 6.45) is 0. The van der Waals surface area contributed by atoms with Crippen LogP contribution < -0.4 is 10.1 Å². The molecular weight excluding hydrogens is 234 g/mol. The number of thiophene rings is 1. The number of carbonyl (C=O) groups excluding carboxylic acids is 1. The molecule has 7 heteroatoms. The van der Waals surface area contributed by atoms with Gasteiger partial charge in [-0.2, -0.15) is 0 Å². The molecule has 88 valence electrons. The van der Waals surface area contributed by atoms with Gasteiger partial charge in [0.05, 0.1) is 13.7 Å². The zero-order chi connectivity index (χ0) is 12.1. The first-order valence-electron chi connectivity index (χ1n) is 4.36. The van der Waals surface area contributed by atoms with E-state index in [-0.39, 0.29) is 4.88 Å². The molecule has 0 aliphatic carbocycles. The second-order valence-corrected chi connectivity index (χ2v) is 3.78. The highest BCUT2D eigenvalue weighted by Crippen LogP contribution is 2.24. The summed E-state index contributed by atoms with van der Waals surface area (Å²) in [6.45, 7) is -0.658. The van der Waals surface area contributed by atoms with Gasteiger partial charge in [-0.05, 0) is 11.4 Å². The summed E-state index contributed by atoms with van der Waals surface area (Å²) in [5, 5.41) is 21.2. The molecule has 1 aromatic rings. The van der Waals surface area contributed by atoms with Crippen molar-refractivity contribution in [3.05, 3.63) is 16.3 Å². The number of aliphatic carboxylic acids is 1. The maximum absolute atomic E-state index is 11.6. The Hall–Kier alpha value is -1.60. The van der Waals surface area contributed by atoms with Gasteiger partial charge in [0.25, 0.3) is 5.91 Å². The van der Waals surface area contributed by atoms with Gasteiger partial charge >= 0.3 is 5.97 Å². The van der Waals surface area contributed by atoms with Gasteiger partial charge in [0.2, 0.25) is 0 Å². The van der Waals surface area contributed by atoms with E-state index in [9.17, 15) is 9.59 Å². The molecule has 0 saturated carbocycles. The molecule has 16 heavy (non-hydrogen) atoms. The van der Waals surface area contributed by atoms with Crippen LogP contribution in [0, 0.1) is 0 Å². The van der Waals surface area contributed by atoms with E-state index in [1.165, 1.54) is 7.11 Å². The van der Waals surface area contributed by atoms with Crippen molar-refractivity contribution in [1.29, 1.82) is 0 Å². The van der Waals surface area contributed by atoms with Crippen molar-refractivity contribution >= 4 is 23.2 Å². The Labute approximate surface area is 95.5 Å². The monoisotopic (exact) mass is 245 g/mol. The van der Waals surface area contributed by atoms with E-state index in [0.29, 0.717) is 5.75 Å². The fourth-order valence-electron chi connectivity index (χ4n) is 1.03. The number of aliphatic hydroxyl groups excluding tert-OH is 1. The van der Waals surface area contributed by atoms with Crippen LogP contribution in [0.5, 0.6) is 5.75 Å². The molecule has 0 spiro atoms. The Kier molecular flexibility index (Phi) is 4.27. The molecule has 1 rings (SSSR count). The number of carboxylic acid groups (broad SMARTS) is 1. The molecule has 0 radical (unpaired) electrons. The standard InChI is InChI=1S/C9H11NO5S/c1-15-6-2-3-16-7(6)8(12)10-5(4-11)9(13)14/h2-3,5,11H,4H2,1H3,(H,10,12)(H,13,14)/t5-/m0/s1. The highest BCUT2D eigenvalue weighted by molar-refractivity contribution is 7.12. The SMILES string of the molecule is COc1ccsc1C(=O)N[C@@H](CO)C(=O)O. The molecule has 1 atom stereocenters. The minimum atomic E-state index is -1.31. The second kappa shape index (κ2) is 5.47. The number of methoxy groups -OCH3 is 1. The van der Waals surface area contributed by atoms with Gasteiger partial charge in [-0.25, -0.2) is 4.79 Å². The number of carbonyl (C=O) groups is 2. The van der Waals surface area contributed by atoms with Crippen molar-refractivity contribution in [3.8, 4) is 5.75 Å². The van der Waals surface area contributed by atoms with Gasteiger partial charge in [-0.15, -0.1) is 11.3 Å². The zero-order valence-corrected chi connectivity index (χ0v) is 9.28. The molecule has 0 fully saturated rings. The summed E-state index contributed by atoms with van der Waals surface area (Å²) in [5.41, 5.74) is 0. The van der Waals surface area contributed by atoms with E-state index in [2.05, 4.69) is 5.32 Å². The second-order valence-electron chi connectivity index (χ2n) is 2.86. The smallest absolute Gasteiger partial charge is 0.328 e. The topological polar surface area (TPSA) is 95.9 Å². The number of ether oxygens (including phenoxy) is 1. The first kappa shape index (κ1) is 12.5. The Morgan fingerprint density at radius 3 is 2.81 bits per heavy atom. The normalized spacial score (nSPS) is 11.9. The van der Waals surface area contributed by atoms with Crippen molar-refractivity contribution in [1.82, 2.24) is 5.32 Å². The van der Waals surface area contributed by atoms with Crippen LogP contribution in [0.3, 0.4) is 0 Å². The van der Waals surface area contributed by atoms with Crippen LogP contribution in [-0.4, -0.2) is 41.8 Å². The molecule has 0 aromatic carbocycles. The lowest BCUT2D eigenvalue weighted by atomic mass is 10.3. The third-order valence-corrected chi connectivity index (χ3v) is 2.74. The lowest BCUT2D eigenvalue weighted by Gasteiger charge is -2.11. The Bertz CT molecular complexity index is 389. The van der Waals surface area contributed by atoms with Crippen LogP contribution in [0.2, 0.25) is 0 Å². The Morgan fingerprint density at radius 1 is 1.62 bits per heavy atom. The van der Waals surface area contributed by atoms with E-state index in [1.54, 1.807) is 11.4 Å². The summed E-state index contributed by atoms with van der Waals surface area (Å²) < 4.78 is 4.92. The number of aliphatic hydroxyl groups is 1. The average molecular weight is 245 g/mol. The first-order chi connectivity index (χ1) is 7.60. The molecule has 0 bridgehead atoms. The molecule has 0 unspecified atom stereocenters. The van der Waals surface area contributed by atoms with Gasteiger partial charge in [-0.1, -0.05) is 0 Å². The lowest BCUT2D eigenvalue weighted by molar-refractivity contribution is -0.140. The van der Waals surface area contributed by atoms with Crippen molar-refractivity contribution in [2.75, 3.05) is 13.7 Å². The molecule has 1 amide bonds. The van der Waals surface area contributed by atoms with E-state index < -0.39 is 24.5 Å². The third kappa shape index (κ3) is 2.71. The molecular formula is C9H11NO5S. The van der Waals surface area contributed by atoms with Crippen LogP contribution in [-0.2, 0) is 4.79 Å². The summed E-state index contributed by atoms with van der Waals surface area (Å²) in [4.78, 5) is 22.5. The molecule has 0 saturated heterocycles. The average Bonchev–Trinajstić information content (AvgIpc) is 2.72. The third-order valence-electron chi connectivity index (χ3n) is 1.84. The number of nitrogens with one attached hydrogen (secondary N) is 1. The van der Waals surface area contributed by atoms with E-state index in [1.807, 2.05) is 0 Å². The number of hydrogen-bond acceptors (Lipinski definition) is 5. The number of amides is 1. The maximum atomic E-state index is 11.6. The summed E-state index contributed by atoms with van der Waals surface area (Å²) in [6, 6.07) is 0.299. The van der Waals surface area contributed by atoms with Crippen molar-refractivity contribution in [3.63, 3.8) is 0 Å². The van der Waals surface area contributed by atoms with Crippen LogP contribution in [0.1, 0.15) is 9.67 Å².